The predicted molar refractivity (Wildman–Crippen MR) is 148 cm³/mol. The van der Waals surface area contributed by atoms with E-state index in [1.165, 1.54) is 7.11 Å². The van der Waals surface area contributed by atoms with Crippen LogP contribution in [-0.4, -0.2) is 37.8 Å². The van der Waals surface area contributed by atoms with E-state index in [1.807, 2.05) is 41.3 Å². The van der Waals surface area contributed by atoms with Gasteiger partial charge in [0.25, 0.3) is 0 Å². The minimum atomic E-state index is -3.41. The predicted octanol–water partition coefficient (Wildman–Crippen LogP) is 4.68. The molecule has 3 heterocycles. The van der Waals surface area contributed by atoms with E-state index in [4.69, 9.17) is 21.4 Å². The first-order valence-electron chi connectivity index (χ1n) is 11.6. The number of carbonyl (C=O) groups excluding carboxylic acids is 1. The molecule has 194 valence electrons. The summed E-state index contributed by atoms with van der Waals surface area (Å²) in [4.78, 5) is 18.8. The molecular formula is C27H24N4O5S2. The number of hydrogen-bond donors (Lipinski definition) is 2. The number of nitrogens with zero attached hydrogens (tertiary/aromatic N) is 2. The third-order valence-corrected chi connectivity index (χ3v) is 6.98. The van der Waals surface area contributed by atoms with E-state index in [1.54, 1.807) is 48.7 Å². The van der Waals surface area contributed by atoms with Gasteiger partial charge in [-0.05, 0) is 66.8 Å². The third kappa shape index (κ3) is 5.11. The van der Waals surface area contributed by atoms with Crippen molar-refractivity contribution in [1.82, 2.24) is 10.3 Å². The number of methoxy groups -OCH3 is 1. The van der Waals surface area contributed by atoms with Gasteiger partial charge in [0.2, 0.25) is 10.0 Å². The van der Waals surface area contributed by atoms with Crippen molar-refractivity contribution in [3.8, 4) is 11.3 Å². The number of anilines is 2. The van der Waals surface area contributed by atoms with Crippen LogP contribution in [0.2, 0.25) is 0 Å². The van der Waals surface area contributed by atoms with Crippen LogP contribution >= 0.6 is 12.2 Å². The number of rotatable bonds is 7. The lowest BCUT2D eigenvalue weighted by atomic mass is 10.0. The summed E-state index contributed by atoms with van der Waals surface area (Å²) in [7, 11) is -2.07. The van der Waals surface area contributed by atoms with Crippen LogP contribution in [0, 0.1) is 0 Å². The number of benzene rings is 2. The van der Waals surface area contributed by atoms with E-state index < -0.39 is 22.0 Å². The molecular weight excluding hydrogens is 524 g/mol. The van der Waals surface area contributed by atoms with Crippen LogP contribution in [0.25, 0.3) is 11.3 Å². The van der Waals surface area contributed by atoms with E-state index in [2.05, 4.69) is 15.0 Å². The van der Waals surface area contributed by atoms with Crippen LogP contribution in [0.4, 0.5) is 11.4 Å². The minimum absolute atomic E-state index is 0.340. The van der Waals surface area contributed by atoms with Crippen LogP contribution in [0.3, 0.4) is 0 Å². The Morgan fingerprint density at radius 1 is 1.05 bits per heavy atom. The van der Waals surface area contributed by atoms with Crippen LogP contribution in [0.1, 0.15) is 33.9 Å². The highest BCUT2D eigenvalue weighted by molar-refractivity contribution is 7.92. The van der Waals surface area contributed by atoms with Gasteiger partial charge < -0.3 is 19.4 Å². The minimum Gasteiger partial charge on any atom is -0.465 e. The van der Waals surface area contributed by atoms with Gasteiger partial charge in [0.15, 0.2) is 5.11 Å². The van der Waals surface area contributed by atoms with E-state index in [-0.39, 0.29) is 6.04 Å². The van der Waals surface area contributed by atoms with Crippen molar-refractivity contribution in [3.05, 3.63) is 102 Å². The fraction of sp³-hybridized carbons (Fsp3) is 0.148. The van der Waals surface area contributed by atoms with Crippen molar-refractivity contribution in [2.24, 2.45) is 0 Å². The Kier molecular flexibility index (Phi) is 6.87. The molecule has 1 fully saturated rings. The number of pyridine rings is 1. The van der Waals surface area contributed by atoms with Crippen LogP contribution in [0.15, 0.2) is 89.5 Å². The Hall–Kier alpha value is -4.22. The van der Waals surface area contributed by atoms with Crippen molar-refractivity contribution in [2.75, 3.05) is 23.0 Å². The molecule has 1 aliphatic rings. The molecule has 38 heavy (non-hydrogen) atoms. The molecule has 0 spiro atoms. The van der Waals surface area contributed by atoms with Crippen molar-refractivity contribution in [3.63, 3.8) is 0 Å². The van der Waals surface area contributed by atoms with Gasteiger partial charge in [-0.2, -0.15) is 0 Å². The van der Waals surface area contributed by atoms with Gasteiger partial charge in [0.1, 0.15) is 17.6 Å². The van der Waals surface area contributed by atoms with E-state index >= 15 is 0 Å². The highest BCUT2D eigenvalue weighted by atomic mass is 32.2. The smallest absolute Gasteiger partial charge is 0.338 e. The number of esters is 1. The highest BCUT2D eigenvalue weighted by Gasteiger charge is 2.42. The second kappa shape index (κ2) is 10.3. The SMILES string of the molecule is COC(=O)c1ccccc1-c1ccc(C2C(c3ccccn3)NC(=S)N2c2ccc(NS(C)(=O)=O)cc2)o1. The number of ether oxygens (including phenoxy) is 1. The average molecular weight is 549 g/mol. The topological polar surface area (TPSA) is 114 Å². The van der Waals surface area contributed by atoms with E-state index in [0.717, 1.165) is 17.6 Å². The van der Waals surface area contributed by atoms with E-state index in [0.29, 0.717) is 33.4 Å². The third-order valence-electron chi connectivity index (χ3n) is 6.06. The summed E-state index contributed by atoms with van der Waals surface area (Å²) < 4.78 is 37.0. The summed E-state index contributed by atoms with van der Waals surface area (Å²) >= 11 is 5.74. The lowest BCUT2D eigenvalue weighted by Crippen LogP contribution is -2.29. The Labute approximate surface area is 225 Å². The Morgan fingerprint density at radius 3 is 2.47 bits per heavy atom. The summed E-state index contributed by atoms with van der Waals surface area (Å²) in [6.07, 6.45) is 2.81. The molecule has 11 heteroatoms. The maximum Gasteiger partial charge on any atom is 0.338 e. The number of aromatic nitrogens is 1. The van der Waals surface area contributed by atoms with Crippen molar-refractivity contribution in [1.29, 1.82) is 0 Å². The lowest BCUT2D eigenvalue weighted by molar-refractivity contribution is 0.0601. The molecule has 1 aliphatic heterocycles. The largest absolute Gasteiger partial charge is 0.465 e. The molecule has 0 aliphatic carbocycles. The molecule has 5 rings (SSSR count). The molecule has 1 saturated heterocycles. The first kappa shape index (κ1) is 25.4. The zero-order valence-corrected chi connectivity index (χ0v) is 22.1. The van der Waals surface area contributed by atoms with Gasteiger partial charge in [-0.25, -0.2) is 13.2 Å². The van der Waals surface area contributed by atoms with Crippen LogP contribution in [0.5, 0.6) is 0 Å². The summed E-state index contributed by atoms with van der Waals surface area (Å²) in [5.74, 6) is 0.644. The van der Waals surface area contributed by atoms with Gasteiger partial charge in [-0.15, -0.1) is 0 Å². The summed E-state index contributed by atoms with van der Waals surface area (Å²) in [6, 6.07) is 22.5. The average Bonchev–Trinajstić information content (AvgIpc) is 3.53. The number of sulfonamides is 1. The molecule has 2 N–H and O–H groups in total. The van der Waals surface area contributed by atoms with Crippen molar-refractivity contribution in [2.45, 2.75) is 12.1 Å². The van der Waals surface area contributed by atoms with Gasteiger partial charge in [-0.1, -0.05) is 24.3 Å². The zero-order valence-electron chi connectivity index (χ0n) is 20.5. The molecule has 0 saturated carbocycles. The van der Waals surface area contributed by atoms with Gasteiger partial charge >= 0.3 is 5.97 Å². The standard InChI is InChI=1S/C27H24N4O5S2/c1-35-26(32)20-8-4-3-7-19(20)22-14-15-23(36-22)25-24(21-9-5-6-16-28-21)29-27(37)31(25)18-12-10-17(11-13-18)30-38(2,33)34/h3-16,24-25,30H,1-2H3,(H,29,37). The number of carbonyl (C=O) groups is 1. The number of nitrogens with one attached hydrogen (secondary N) is 2. The molecule has 4 aromatic rings. The molecule has 2 aromatic carbocycles. The first-order chi connectivity index (χ1) is 18.2. The van der Waals surface area contributed by atoms with Crippen LogP contribution < -0.4 is 14.9 Å². The Balaban J connectivity index is 1.57. The van der Waals surface area contributed by atoms with E-state index in [9.17, 15) is 13.2 Å². The van der Waals surface area contributed by atoms with Crippen LogP contribution in [-0.2, 0) is 14.8 Å². The molecule has 2 unspecified atom stereocenters. The Bertz CT molecular complexity index is 1590. The molecule has 2 aromatic heterocycles. The zero-order chi connectivity index (χ0) is 26.9. The Morgan fingerprint density at radius 2 is 1.79 bits per heavy atom. The molecule has 9 nitrogen and oxygen atoms in total. The maximum absolute atomic E-state index is 12.4. The second-order valence-electron chi connectivity index (χ2n) is 8.66. The second-order valence-corrected chi connectivity index (χ2v) is 10.8. The monoisotopic (exact) mass is 548 g/mol. The normalized spacial score (nSPS) is 17.2. The van der Waals surface area contributed by atoms with Gasteiger partial charge in [0.05, 0.1) is 30.7 Å². The lowest BCUT2D eigenvalue weighted by Gasteiger charge is -2.26. The fourth-order valence-electron chi connectivity index (χ4n) is 4.47. The number of hydrogen-bond acceptors (Lipinski definition) is 7. The van der Waals surface area contributed by atoms with Crippen molar-refractivity contribution < 1.29 is 22.4 Å². The molecule has 0 radical (unpaired) electrons. The first-order valence-corrected chi connectivity index (χ1v) is 13.9. The van der Waals surface area contributed by atoms with Crippen molar-refractivity contribution >= 4 is 44.7 Å². The summed E-state index contributed by atoms with van der Waals surface area (Å²) in [6.45, 7) is 0. The fourth-order valence-corrected chi connectivity index (χ4v) is 5.38. The summed E-state index contributed by atoms with van der Waals surface area (Å²) in [5.41, 5.74) is 2.94. The molecule has 2 atom stereocenters. The highest BCUT2D eigenvalue weighted by Crippen LogP contribution is 2.43. The maximum atomic E-state index is 12.4. The summed E-state index contributed by atoms with van der Waals surface area (Å²) in [5, 5.41) is 3.82. The van der Waals surface area contributed by atoms with Gasteiger partial charge in [-0.3, -0.25) is 9.71 Å². The number of furan rings is 1. The quantitative estimate of drug-likeness (QED) is 0.251. The molecule has 0 amide bonds. The van der Waals surface area contributed by atoms with Gasteiger partial charge in [0, 0.05) is 23.1 Å². The molecule has 0 bridgehead atoms. The number of thiocarbonyl (C=S) groups is 1.